The minimum atomic E-state index is -0.366. The minimum Gasteiger partial charge on any atom is -0.368 e. The summed E-state index contributed by atoms with van der Waals surface area (Å²) in [5.74, 6) is -0.899. The van der Waals surface area contributed by atoms with Gasteiger partial charge in [0.05, 0.1) is 5.57 Å². The summed E-state index contributed by atoms with van der Waals surface area (Å²) in [5, 5.41) is 0. The highest BCUT2D eigenvalue weighted by Gasteiger charge is 2.41. The van der Waals surface area contributed by atoms with E-state index in [0.717, 1.165) is 13.1 Å². The number of halogens is 1. The third-order valence-corrected chi connectivity index (χ3v) is 5.69. The number of benzene rings is 2. The van der Waals surface area contributed by atoms with Gasteiger partial charge in [-0.3, -0.25) is 14.5 Å². The molecule has 2 aliphatic heterocycles. The summed E-state index contributed by atoms with van der Waals surface area (Å²) < 4.78 is 13.4. The summed E-state index contributed by atoms with van der Waals surface area (Å²) in [6, 6.07) is 14.2. The van der Waals surface area contributed by atoms with Gasteiger partial charge in [0.25, 0.3) is 11.8 Å². The van der Waals surface area contributed by atoms with E-state index >= 15 is 0 Å². The number of anilines is 1. The van der Waals surface area contributed by atoms with Gasteiger partial charge in [-0.2, -0.15) is 0 Å². The molecule has 4 rings (SSSR count). The maximum absolute atomic E-state index is 13.4. The lowest BCUT2D eigenvalue weighted by molar-refractivity contribution is -0.137. The predicted molar refractivity (Wildman–Crippen MR) is 115 cm³/mol. The number of carbonyl (C=O) groups is 2. The van der Waals surface area contributed by atoms with Gasteiger partial charge >= 0.3 is 0 Å². The summed E-state index contributed by atoms with van der Waals surface area (Å²) in [7, 11) is 0. The molecule has 0 aliphatic carbocycles. The van der Waals surface area contributed by atoms with Gasteiger partial charge in [-0.25, -0.2) is 4.39 Å². The highest BCUT2D eigenvalue weighted by atomic mass is 19.1. The zero-order chi connectivity index (χ0) is 21.3. The van der Waals surface area contributed by atoms with E-state index in [2.05, 4.69) is 30.0 Å². The molecule has 0 aromatic heterocycles. The summed E-state index contributed by atoms with van der Waals surface area (Å²) in [6.07, 6.45) is 0.697. The van der Waals surface area contributed by atoms with Crippen molar-refractivity contribution in [3.8, 4) is 0 Å². The lowest BCUT2D eigenvalue weighted by Crippen LogP contribution is -2.47. The number of hydrogen-bond acceptors (Lipinski definition) is 4. The van der Waals surface area contributed by atoms with E-state index in [1.54, 1.807) is 12.1 Å². The minimum absolute atomic E-state index is 0.245. The SMILES string of the molecule is CCCN1C(=O)C(c2ccc(F)cc2)=C(N2CCN(c3cccc(C)c3)CC2)C1=O. The van der Waals surface area contributed by atoms with E-state index in [1.165, 1.54) is 28.3 Å². The Morgan fingerprint density at radius 1 is 0.900 bits per heavy atom. The molecule has 0 radical (unpaired) electrons. The smallest absolute Gasteiger partial charge is 0.277 e. The molecule has 0 atom stereocenters. The van der Waals surface area contributed by atoms with Crippen LogP contribution in [0.3, 0.4) is 0 Å². The number of piperazine rings is 1. The first-order valence-corrected chi connectivity index (χ1v) is 10.4. The largest absolute Gasteiger partial charge is 0.368 e. The highest BCUT2D eigenvalue weighted by molar-refractivity contribution is 6.35. The van der Waals surface area contributed by atoms with Gasteiger partial charge in [-0.1, -0.05) is 31.2 Å². The molecule has 2 aromatic rings. The first-order valence-electron chi connectivity index (χ1n) is 10.4. The second kappa shape index (κ2) is 8.30. The molecule has 1 saturated heterocycles. The van der Waals surface area contributed by atoms with Gasteiger partial charge in [0.15, 0.2) is 0 Å². The van der Waals surface area contributed by atoms with E-state index < -0.39 is 0 Å². The Balaban J connectivity index is 1.63. The Hall–Kier alpha value is -3.15. The third kappa shape index (κ3) is 3.70. The van der Waals surface area contributed by atoms with Crippen LogP contribution < -0.4 is 4.90 Å². The first-order chi connectivity index (χ1) is 14.5. The molecule has 0 bridgehead atoms. The summed E-state index contributed by atoms with van der Waals surface area (Å²) in [6.45, 7) is 7.22. The Kier molecular flexibility index (Phi) is 5.57. The van der Waals surface area contributed by atoms with Crippen molar-refractivity contribution in [3.63, 3.8) is 0 Å². The monoisotopic (exact) mass is 407 g/mol. The van der Waals surface area contributed by atoms with Crippen LogP contribution in [0.25, 0.3) is 5.57 Å². The van der Waals surface area contributed by atoms with Crippen molar-refractivity contribution >= 4 is 23.1 Å². The van der Waals surface area contributed by atoms with E-state index in [9.17, 15) is 14.0 Å². The van der Waals surface area contributed by atoms with Crippen molar-refractivity contribution in [2.45, 2.75) is 20.3 Å². The molecular formula is C24H26FN3O2. The number of amides is 2. The fraction of sp³-hybridized carbons (Fsp3) is 0.333. The molecule has 2 heterocycles. The van der Waals surface area contributed by atoms with Gasteiger partial charge in [0.1, 0.15) is 11.5 Å². The van der Waals surface area contributed by atoms with Crippen LogP contribution in [0.1, 0.15) is 24.5 Å². The second-order valence-corrected chi connectivity index (χ2v) is 7.81. The van der Waals surface area contributed by atoms with Gasteiger partial charge in [0.2, 0.25) is 0 Å². The van der Waals surface area contributed by atoms with Crippen LogP contribution in [0.15, 0.2) is 54.2 Å². The van der Waals surface area contributed by atoms with Crippen molar-refractivity contribution in [3.05, 3.63) is 71.2 Å². The topological polar surface area (TPSA) is 43.9 Å². The van der Waals surface area contributed by atoms with Gasteiger partial charge in [0, 0.05) is 38.4 Å². The predicted octanol–water partition coefficient (Wildman–Crippen LogP) is 3.45. The molecule has 0 unspecified atom stereocenters. The lowest BCUT2D eigenvalue weighted by atomic mass is 10.0. The van der Waals surface area contributed by atoms with Crippen molar-refractivity contribution in [1.82, 2.24) is 9.80 Å². The zero-order valence-electron chi connectivity index (χ0n) is 17.4. The average molecular weight is 407 g/mol. The quantitative estimate of drug-likeness (QED) is 0.713. The van der Waals surface area contributed by atoms with Crippen molar-refractivity contribution < 1.29 is 14.0 Å². The summed E-state index contributed by atoms with van der Waals surface area (Å²) in [4.78, 5) is 31.9. The Morgan fingerprint density at radius 2 is 1.57 bits per heavy atom. The molecule has 0 saturated carbocycles. The fourth-order valence-corrected chi connectivity index (χ4v) is 4.17. The molecule has 2 aromatic carbocycles. The van der Waals surface area contributed by atoms with Crippen molar-refractivity contribution in [2.24, 2.45) is 0 Å². The van der Waals surface area contributed by atoms with Crippen molar-refractivity contribution in [2.75, 3.05) is 37.6 Å². The van der Waals surface area contributed by atoms with Crippen LogP contribution in [0.4, 0.5) is 10.1 Å². The molecule has 30 heavy (non-hydrogen) atoms. The third-order valence-electron chi connectivity index (χ3n) is 5.69. The number of hydrogen-bond donors (Lipinski definition) is 0. The molecule has 2 aliphatic rings. The molecule has 0 N–H and O–H groups in total. The number of rotatable bonds is 5. The van der Waals surface area contributed by atoms with E-state index in [0.29, 0.717) is 42.9 Å². The Labute approximate surface area is 176 Å². The zero-order valence-corrected chi connectivity index (χ0v) is 17.4. The molecule has 156 valence electrons. The number of aryl methyl sites for hydroxylation is 1. The van der Waals surface area contributed by atoms with Crippen molar-refractivity contribution in [1.29, 1.82) is 0 Å². The molecule has 5 nitrogen and oxygen atoms in total. The Morgan fingerprint density at radius 3 is 2.20 bits per heavy atom. The molecule has 1 fully saturated rings. The van der Waals surface area contributed by atoms with Crippen LogP contribution in [0, 0.1) is 12.7 Å². The van der Waals surface area contributed by atoms with Gasteiger partial charge in [-0.05, 0) is 48.7 Å². The standard InChI is InChI=1S/C24H26FN3O2/c1-3-11-28-23(29)21(18-7-9-19(25)10-8-18)22(24(28)30)27-14-12-26(13-15-27)20-6-4-5-17(2)16-20/h4-10,16H,3,11-15H2,1-2H3. The number of imide groups is 1. The van der Waals surface area contributed by atoms with Crippen LogP contribution in [-0.4, -0.2) is 54.3 Å². The molecular weight excluding hydrogens is 381 g/mol. The number of carbonyl (C=O) groups excluding carboxylic acids is 2. The van der Waals surface area contributed by atoms with Crippen LogP contribution in [0.2, 0.25) is 0 Å². The maximum Gasteiger partial charge on any atom is 0.277 e. The summed E-state index contributed by atoms with van der Waals surface area (Å²) >= 11 is 0. The van der Waals surface area contributed by atoms with Crippen LogP contribution in [-0.2, 0) is 9.59 Å². The van der Waals surface area contributed by atoms with E-state index in [-0.39, 0.29) is 17.6 Å². The van der Waals surface area contributed by atoms with Gasteiger partial charge in [-0.15, -0.1) is 0 Å². The number of nitrogens with zero attached hydrogens (tertiary/aromatic N) is 3. The molecule has 0 spiro atoms. The summed E-state index contributed by atoms with van der Waals surface area (Å²) in [5.41, 5.74) is 3.80. The molecule has 6 heteroatoms. The average Bonchev–Trinajstić information content (AvgIpc) is 2.99. The lowest BCUT2D eigenvalue weighted by Gasteiger charge is -2.37. The van der Waals surface area contributed by atoms with Crippen LogP contribution in [0.5, 0.6) is 0 Å². The van der Waals surface area contributed by atoms with Crippen LogP contribution >= 0.6 is 0 Å². The normalized spacial score (nSPS) is 17.4. The second-order valence-electron chi connectivity index (χ2n) is 7.81. The van der Waals surface area contributed by atoms with Gasteiger partial charge < -0.3 is 9.80 Å². The van der Waals surface area contributed by atoms with E-state index in [4.69, 9.17) is 0 Å². The highest BCUT2D eigenvalue weighted by Crippen LogP contribution is 2.33. The maximum atomic E-state index is 13.4. The Bertz CT molecular complexity index is 992. The van der Waals surface area contributed by atoms with E-state index in [1.807, 2.05) is 17.9 Å². The fourth-order valence-electron chi connectivity index (χ4n) is 4.17. The molecule has 2 amide bonds. The first kappa shape index (κ1) is 20.1.